The second kappa shape index (κ2) is 15.1. The fourth-order valence-corrected chi connectivity index (χ4v) is 10.2. The number of fused-ring (bicyclic) bond motifs is 7. The largest absolute Gasteiger partial charge is 0.310 e. The summed E-state index contributed by atoms with van der Waals surface area (Å²) in [6.07, 6.45) is 0. The third-order valence-electron chi connectivity index (χ3n) is 13.7. The van der Waals surface area contributed by atoms with Crippen molar-refractivity contribution in [2.75, 3.05) is 4.90 Å². The molecule has 1 heteroatoms. The van der Waals surface area contributed by atoms with E-state index in [0.29, 0.717) is 0 Å². The van der Waals surface area contributed by atoms with Gasteiger partial charge in [-0.15, -0.1) is 0 Å². The van der Waals surface area contributed by atoms with Crippen LogP contribution in [0.15, 0.2) is 237 Å². The summed E-state index contributed by atoms with van der Waals surface area (Å²) in [5.41, 5.74) is 18.3. The van der Waals surface area contributed by atoms with E-state index in [4.69, 9.17) is 0 Å². The number of nitrogens with zero attached hydrogens (tertiary/aromatic N) is 1. The van der Waals surface area contributed by atoms with Crippen LogP contribution >= 0.6 is 0 Å². The van der Waals surface area contributed by atoms with Gasteiger partial charge >= 0.3 is 0 Å². The topological polar surface area (TPSA) is 3.24 Å². The van der Waals surface area contributed by atoms with Crippen molar-refractivity contribution in [1.82, 2.24) is 0 Å². The summed E-state index contributed by atoms with van der Waals surface area (Å²) in [5.74, 6) is 0. The SMILES string of the molecule is CC1(C)c2cc(-c3ccccc3)ccc2-c2ccc(N(c3ccc(-c4ccc(-c5ccc6ccccc6c5)cc4)cc3)c3ccc(-c4cccc5c4ccc4ccccc45)cc3)cc21. The van der Waals surface area contributed by atoms with Crippen molar-refractivity contribution in [1.29, 1.82) is 0 Å². The lowest BCUT2D eigenvalue weighted by atomic mass is 9.81. The molecule has 1 aliphatic carbocycles. The van der Waals surface area contributed by atoms with Crippen molar-refractivity contribution in [3.63, 3.8) is 0 Å². The number of rotatable bonds is 7. The van der Waals surface area contributed by atoms with E-state index in [0.717, 1.165) is 17.1 Å². The normalized spacial score (nSPS) is 12.7. The standard InChI is InChI=1S/C63H45N/c1-63(2)61-40-51(42-11-4-3-5-12-42)30-37-59(61)60-38-35-54(41-62(60)63)64(53-33-27-48(28-34-53)56-17-10-18-57-55-16-9-8-14-47(55)29-36-58(56)57)52-31-25-45(26-32-52)44-19-21-46(22-20-44)50-24-23-43-13-6-7-15-49(43)39-50/h3-41H,1-2H3. The molecule has 64 heavy (non-hydrogen) atoms. The zero-order valence-corrected chi connectivity index (χ0v) is 36.0. The highest BCUT2D eigenvalue weighted by molar-refractivity contribution is 6.12. The molecule has 0 N–H and O–H groups in total. The Hall–Kier alpha value is -8.00. The minimum atomic E-state index is -0.178. The first-order valence-electron chi connectivity index (χ1n) is 22.3. The maximum Gasteiger partial charge on any atom is 0.0465 e. The third-order valence-corrected chi connectivity index (χ3v) is 13.7. The van der Waals surface area contributed by atoms with Crippen LogP contribution < -0.4 is 4.90 Å². The molecular weight excluding hydrogens is 771 g/mol. The monoisotopic (exact) mass is 815 g/mol. The molecule has 1 nitrogen and oxygen atoms in total. The van der Waals surface area contributed by atoms with Gasteiger partial charge in [0.1, 0.15) is 0 Å². The lowest BCUT2D eigenvalue weighted by Gasteiger charge is -2.28. The molecule has 1 aliphatic rings. The van der Waals surface area contributed by atoms with E-state index in [9.17, 15) is 0 Å². The predicted octanol–water partition coefficient (Wildman–Crippen LogP) is 17.6. The molecule has 0 aliphatic heterocycles. The van der Waals surface area contributed by atoms with E-state index < -0.39 is 0 Å². The average molecular weight is 816 g/mol. The van der Waals surface area contributed by atoms with Gasteiger partial charge in [0.25, 0.3) is 0 Å². The number of hydrogen-bond donors (Lipinski definition) is 0. The molecule has 0 bridgehead atoms. The molecule has 0 radical (unpaired) electrons. The van der Waals surface area contributed by atoms with Gasteiger partial charge in [0.2, 0.25) is 0 Å². The van der Waals surface area contributed by atoms with Gasteiger partial charge in [-0.2, -0.15) is 0 Å². The van der Waals surface area contributed by atoms with Crippen LogP contribution in [0.1, 0.15) is 25.0 Å². The van der Waals surface area contributed by atoms with Crippen LogP contribution in [0.3, 0.4) is 0 Å². The van der Waals surface area contributed by atoms with Gasteiger partial charge in [-0.25, -0.2) is 0 Å². The fourth-order valence-electron chi connectivity index (χ4n) is 10.2. The van der Waals surface area contributed by atoms with E-state index >= 15 is 0 Å². The summed E-state index contributed by atoms with van der Waals surface area (Å²) >= 11 is 0. The molecule has 0 spiro atoms. The first kappa shape index (κ1) is 37.7. The van der Waals surface area contributed by atoms with Crippen molar-refractivity contribution < 1.29 is 0 Å². The molecule has 0 fully saturated rings. The summed E-state index contributed by atoms with van der Waals surface area (Å²) in [5, 5.41) is 7.61. The molecule has 0 saturated carbocycles. The minimum Gasteiger partial charge on any atom is -0.310 e. The fraction of sp³-hybridized carbons (Fsp3) is 0.0476. The molecule has 0 heterocycles. The molecule has 0 amide bonds. The van der Waals surface area contributed by atoms with Crippen LogP contribution in [0.2, 0.25) is 0 Å². The highest BCUT2D eigenvalue weighted by Gasteiger charge is 2.36. The molecule has 0 saturated heterocycles. The predicted molar refractivity (Wildman–Crippen MR) is 273 cm³/mol. The smallest absolute Gasteiger partial charge is 0.0465 e. The zero-order valence-electron chi connectivity index (χ0n) is 36.0. The van der Waals surface area contributed by atoms with E-state index in [1.165, 1.54) is 99.1 Å². The van der Waals surface area contributed by atoms with Crippen molar-refractivity contribution in [3.05, 3.63) is 248 Å². The Kier molecular flexibility index (Phi) is 8.91. The summed E-state index contributed by atoms with van der Waals surface area (Å²) in [7, 11) is 0. The quantitative estimate of drug-likeness (QED) is 0.145. The van der Waals surface area contributed by atoms with Crippen LogP contribution in [-0.2, 0) is 5.41 Å². The highest BCUT2D eigenvalue weighted by atomic mass is 15.1. The number of hydrogen-bond acceptors (Lipinski definition) is 1. The molecule has 11 aromatic rings. The first-order chi connectivity index (χ1) is 31.5. The van der Waals surface area contributed by atoms with E-state index in [1.54, 1.807) is 0 Å². The molecule has 0 atom stereocenters. The Balaban J connectivity index is 0.922. The summed E-state index contributed by atoms with van der Waals surface area (Å²) in [6, 6.07) is 87.2. The minimum absolute atomic E-state index is 0.178. The van der Waals surface area contributed by atoms with E-state index in [1.807, 2.05) is 0 Å². The first-order valence-corrected chi connectivity index (χ1v) is 22.3. The Morgan fingerprint density at radius 2 is 0.750 bits per heavy atom. The molecule has 0 unspecified atom stereocenters. The Morgan fingerprint density at radius 3 is 1.48 bits per heavy atom. The van der Waals surface area contributed by atoms with Gasteiger partial charge in [-0.05, 0) is 148 Å². The molecule has 0 aromatic heterocycles. The maximum absolute atomic E-state index is 2.43. The van der Waals surface area contributed by atoms with Crippen LogP contribution in [0.25, 0.3) is 88.0 Å². The molecule has 11 aromatic carbocycles. The lowest BCUT2D eigenvalue weighted by Crippen LogP contribution is -2.16. The third kappa shape index (κ3) is 6.40. The van der Waals surface area contributed by atoms with Crippen LogP contribution in [0, 0.1) is 0 Å². The lowest BCUT2D eigenvalue weighted by molar-refractivity contribution is 0.660. The van der Waals surface area contributed by atoms with Gasteiger partial charge in [0.05, 0.1) is 0 Å². The summed E-state index contributed by atoms with van der Waals surface area (Å²) < 4.78 is 0. The second-order valence-corrected chi connectivity index (χ2v) is 17.7. The van der Waals surface area contributed by atoms with Crippen molar-refractivity contribution >= 4 is 49.4 Å². The van der Waals surface area contributed by atoms with Crippen molar-refractivity contribution in [2.24, 2.45) is 0 Å². The average Bonchev–Trinajstić information content (AvgIpc) is 3.59. The van der Waals surface area contributed by atoms with Gasteiger partial charge in [-0.3, -0.25) is 0 Å². The van der Waals surface area contributed by atoms with Gasteiger partial charge in [-0.1, -0.05) is 202 Å². The summed E-state index contributed by atoms with van der Waals surface area (Å²) in [6.45, 7) is 4.76. The molecular formula is C63H45N. The van der Waals surface area contributed by atoms with Crippen LogP contribution in [0.5, 0.6) is 0 Å². The maximum atomic E-state index is 2.43. The number of benzene rings is 11. The van der Waals surface area contributed by atoms with Crippen LogP contribution in [-0.4, -0.2) is 0 Å². The zero-order chi connectivity index (χ0) is 42.8. The van der Waals surface area contributed by atoms with Crippen LogP contribution in [0.4, 0.5) is 17.1 Å². The Morgan fingerprint density at radius 1 is 0.266 bits per heavy atom. The van der Waals surface area contributed by atoms with Crippen molar-refractivity contribution in [2.45, 2.75) is 19.3 Å². The Bertz CT molecular complexity index is 3540. The second-order valence-electron chi connectivity index (χ2n) is 17.7. The van der Waals surface area contributed by atoms with Gasteiger partial charge < -0.3 is 4.90 Å². The van der Waals surface area contributed by atoms with Gasteiger partial charge in [0.15, 0.2) is 0 Å². The number of anilines is 3. The van der Waals surface area contributed by atoms with E-state index in [-0.39, 0.29) is 5.41 Å². The molecule has 302 valence electrons. The van der Waals surface area contributed by atoms with Crippen molar-refractivity contribution in [3.8, 4) is 55.6 Å². The molecule has 12 rings (SSSR count). The Labute approximate surface area is 375 Å². The van der Waals surface area contributed by atoms with E-state index in [2.05, 4.69) is 255 Å². The highest BCUT2D eigenvalue weighted by Crippen LogP contribution is 2.52. The summed E-state index contributed by atoms with van der Waals surface area (Å²) in [4.78, 5) is 2.42. The van der Waals surface area contributed by atoms with Gasteiger partial charge in [0, 0.05) is 22.5 Å².